The van der Waals surface area contributed by atoms with Crippen LogP contribution in [-0.2, 0) is 0 Å². The van der Waals surface area contributed by atoms with Crippen LogP contribution >= 0.6 is 0 Å². The molecule has 0 N–H and O–H groups in total. The van der Waals surface area contributed by atoms with Crippen molar-refractivity contribution in [2.75, 3.05) is 0 Å². The molecule has 0 saturated heterocycles. The van der Waals surface area contributed by atoms with E-state index in [4.69, 9.17) is 0 Å². The Hall–Kier alpha value is -1.11. The van der Waals surface area contributed by atoms with Crippen LogP contribution in [0.1, 0.15) is 5.56 Å². The fourth-order valence-electron chi connectivity index (χ4n) is 1.73. The number of nitrogens with zero attached hydrogens (tertiary/aromatic N) is 1. The summed E-state index contributed by atoms with van der Waals surface area (Å²) in [7, 11) is 0. The quantitative estimate of drug-likeness (QED) is 0.556. The van der Waals surface area contributed by atoms with E-state index in [0.717, 1.165) is 0 Å². The predicted octanol–water partition coefficient (Wildman–Crippen LogP) is 2.75. The summed E-state index contributed by atoms with van der Waals surface area (Å²) in [5, 5.41) is 1.34. The third kappa shape index (κ3) is 1.05. The Balaban J connectivity index is 2.63. The van der Waals surface area contributed by atoms with Gasteiger partial charge in [-0.3, -0.25) is 0 Å². The van der Waals surface area contributed by atoms with Crippen LogP contribution in [0.5, 0.6) is 0 Å². The molecule has 0 aliphatic heterocycles. The van der Waals surface area contributed by atoms with Gasteiger partial charge < -0.3 is 0 Å². The van der Waals surface area contributed by atoms with Crippen LogP contribution in [0.15, 0.2) is 36.5 Å². The van der Waals surface area contributed by atoms with Gasteiger partial charge in [-0.15, -0.1) is 0 Å². The second-order valence-corrected chi connectivity index (χ2v) is 5.61. The van der Waals surface area contributed by atoms with Gasteiger partial charge in [0.05, 0.1) is 0 Å². The van der Waals surface area contributed by atoms with Crippen molar-refractivity contribution >= 4 is 33.9 Å². The number of pyridine rings is 1. The van der Waals surface area contributed by atoms with Crippen LogP contribution in [0.3, 0.4) is 0 Å². The second-order valence-electron chi connectivity index (χ2n) is 3.40. The molecule has 0 radical (unpaired) electrons. The average molecular weight is 246 g/mol. The van der Waals surface area contributed by atoms with Crippen molar-refractivity contribution in [1.82, 2.24) is 4.98 Å². The molecule has 3 aromatic rings. The number of aromatic nitrogens is 1. The molecule has 0 fully saturated rings. The summed E-state index contributed by atoms with van der Waals surface area (Å²) in [5.74, 6) is 0. The molecule has 2 heteroatoms. The van der Waals surface area contributed by atoms with Crippen LogP contribution in [0.2, 0.25) is 0 Å². The molecule has 3 rings (SSSR count). The first kappa shape index (κ1) is 8.22. The minimum absolute atomic E-state index is 0.463. The van der Waals surface area contributed by atoms with Crippen molar-refractivity contribution in [2.45, 2.75) is 6.92 Å². The van der Waals surface area contributed by atoms with Gasteiger partial charge in [0, 0.05) is 0 Å². The average Bonchev–Trinajstić information content (AvgIpc) is 2.59. The monoisotopic (exact) mass is 247 g/mol. The molecule has 0 saturated carbocycles. The Kier molecular flexibility index (Phi) is 1.73. The van der Waals surface area contributed by atoms with E-state index in [9.17, 15) is 0 Å². The molecule has 0 spiro atoms. The van der Waals surface area contributed by atoms with E-state index in [1.165, 1.54) is 25.0 Å². The number of hydrogen-bond acceptors (Lipinski definition) is 1. The Morgan fingerprint density at radius 3 is 2.93 bits per heavy atom. The third-order valence-electron chi connectivity index (χ3n) is 2.46. The van der Waals surface area contributed by atoms with Gasteiger partial charge in [0.1, 0.15) is 0 Å². The van der Waals surface area contributed by atoms with Crippen LogP contribution < -0.4 is 0 Å². The summed E-state index contributed by atoms with van der Waals surface area (Å²) in [6.07, 6.45) is 1.91. The maximum atomic E-state index is 4.48. The molecule has 68 valence electrons. The summed E-state index contributed by atoms with van der Waals surface area (Å²) in [6.45, 7) is 2.17. The number of aryl methyl sites for hydroxylation is 1. The van der Waals surface area contributed by atoms with Crippen molar-refractivity contribution in [2.24, 2.45) is 0 Å². The number of rotatable bonds is 0. The number of fused-ring (bicyclic) bond motifs is 3. The van der Waals surface area contributed by atoms with Crippen molar-refractivity contribution in [3.8, 4) is 0 Å². The maximum absolute atomic E-state index is 4.48. The Morgan fingerprint density at radius 2 is 2.00 bits per heavy atom. The zero-order valence-corrected chi connectivity index (χ0v) is 9.53. The summed E-state index contributed by atoms with van der Waals surface area (Å²) >= 11 is 0.463. The van der Waals surface area contributed by atoms with E-state index in [1.807, 2.05) is 6.20 Å². The summed E-state index contributed by atoms with van der Waals surface area (Å²) in [6, 6.07) is 10.7. The fraction of sp³-hybridized carbons (Fsp3) is 0.0833. The first-order valence-electron chi connectivity index (χ1n) is 4.59. The molecule has 0 atom stereocenters. The summed E-state index contributed by atoms with van der Waals surface area (Å²) in [4.78, 5) is 4.48. The Morgan fingerprint density at radius 1 is 1.14 bits per heavy atom. The predicted molar refractivity (Wildman–Crippen MR) is 60.9 cm³/mol. The molecule has 0 bridgehead atoms. The Bertz CT molecular complexity index is 610. The Labute approximate surface area is 88.1 Å². The molecule has 2 heterocycles. The number of benzene rings is 1. The summed E-state index contributed by atoms with van der Waals surface area (Å²) in [5.41, 5.74) is 2.59. The molecular weight excluding hydrogens is 237 g/mol. The van der Waals surface area contributed by atoms with E-state index >= 15 is 0 Å². The molecule has 1 nitrogen and oxygen atoms in total. The summed E-state index contributed by atoms with van der Waals surface area (Å²) < 4.78 is 2.93. The zero-order valence-electron chi connectivity index (χ0n) is 7.82. The van der Waals surface area contributed by atoms with Crippen LogP contribution in [0, 0.1) is 6.92 Å². The SMILES string of the molecule is Cc1ccnc2c1[se]c1ccccc12. The molecule has 0 unspecified atom stereocenters. The normalized spacial score (nSPS) is 11.2. The van der Waals surface area contributed by atoms with Gasteiger partial charge >= 0.3 is 87.9 Å². The van der Waals surface area contributed by atoms with Gasteiger partial charge in [0.2, 0.25) is 0 Å². The van der Waals surface area contributed by atoms with Gasteiger partial charge in [-0.2, -0.15) is 0 Å². The molecule has 0 amide bonds. The van der Waals surface area contributed by atoms with E-state index in [-0.39, 0.29) is 0 Å². The topological polar surface area (TPSA) is 12.9 Å². The zero-order chi connectivity index (χ0) is 9.54. The van der Waals surface area contributed by atoms with Gasteiger partial charge in [-0.05, 0) is 0 Å². The molecule has 0 aliphatic rings. The van der Waals surface area contributed by atoms with Crippen LogP contribution in [0.25, 0.3) is 19.4 Å². The van der Waals surface area contributed by atoms with Crippen molar-refractivity contribution in [3.05, 3.63) is 42.1 Å². The standard InChI is InChI=1S/C12H9NSe/c1-8-6-7-13-11-9-4-2-3-5-10(9)14-12(8)11/h2-7H,1H3. The van der Waals surface area contributed by atoms with E-state index in [1.54, 1.807) is 0 Å². The third-order valence-corrected chi connectivity index (χ3v) is 5.17. The molecule has 1 aromatic carbocycles. The van der Waals surface area contributed by atoms with Crippen molar-refractivity contribution < 1.29 is 0 Å². The van der Waals surface area contributed by atoms with Gasteiger partial charge in [-0.25, -0.2) is 0 Å². The van der Waals surface area contributed by atoms with E-state index in [2.05, 4.69) is 42.2 Å². The van der Waals surface area contributed by atoms with Gasteiger partial charge in [0.25, 0.3) is 0 Å². The van der Waals surface area contributed by atoms with Crippen molar-refractivity contribution in [1.29, 1.82) is 0 Å². The van der Waals surface area contributed by atoms with Crippen LogP contribution in [0.4, 0.5) is 0 Å². The molecule has 0 aliphatic carbocycles. The van der Waals surface area contributed by atoms with E-state index < -0.39 is 0 Å². The van der Waals surface area contributed by atoms with E-state index in [0.29, 0.717) is 14.5 Å². The van der Waals surface area contributed by atoms with Gasteiger partial charge in [-0.1, -0.05) is 0 Å². The van der Waals surface area contributed by atoms with Crippen molar-refractivity contribution in [3.63, 3.8) is 0 Å². The minimum atomic E-state index is 0.463. The van der Waals surface area contributed by atoms with Gasteiger partial charge in [0.15, 0.2) is 0 Å². The second kappa shape index (κ2) is 2.94. The molecule has 14 heavy (non-hydrogen) atoms. The number of hydrogen-bond donors (Lipinski definition) is 0. The molecular formula is C12H9NSe. The van der Waals surface area contributed by atoms with Crippen LogP contribution in [-0.4, -0.2) is 19.5 Å². The first-order chi connectivity index (χ1) is 6.86. The fourth-order valence-corrected chi connectivity index (χ4v) is 4.10. The molecule has 2 aromatic heterocycles. The first-order valence-corrected chi connectivity index (χ1v) is 6.30.